The average Bonchev–Trinajstić information content (AvgIpc) is 2.48. The number of unbranched alkanes of at least 4 members (excludes halogenated alkanes) is 10. The molecule has 0 spiro atoms. The summed E-state index contributed by atoms with van der Waals surface area (Å²) in [6, 6.07) is 0. The first-order valence-electron chi connectivity index (χ1n) is 10.7. The lowest BCUT2D eigenvalue weighted by Crippen LogP contribution is -3.00. The van der Waals surface area contributed by atoms with Gasteiger partial charge < -0.3 is 33.8 Å². The number of hydrogen-bond donors (Lipinski definition) is 1. The zero-order valence-electron chi connectivity index (χ0n) is 18.6. The molecule has 0 aromatic heterocycles. The fourth-order valence-corrected chi connectivity index (χ4v) is 3.72. The standard InChI is InChI=1S/C22H46N2O.HI/c1-7-8-9-10-11-12-13-14-15-16-17-18-21(25)23-19-22(2,3)20-24(4,5)6;/h7-20H2,1-6H3;1H. The Labute approximate surface area is 181 Å². The number of amides is 1. The molecule has 0 fully saturated rings. The second-order valence-corrected chi connectivity index (χ2v) is 9.67. The van der Waals surface area contributed by atoms with Crippen molar-refractivity contribution in [2.24, 2.45) is 5.41 Å². The maximum atomic E-state index is 12.0. The van der Waals surface area contributed by atoms with Crippen LogP contribution < -0.4 is 29.3 Å². The van der Waals surface area contributed by atoms with Crippen LogP contribution >= 0.6 is 0 Å². The normalized spacial score (nSPS) is 11.9. The van der Waals surface area contributed by atoms with Crippen LogP contribution in [0.3, 0.4) is 0 Å². The van der Waals surface area contributed by atoms with Gasteiger partial charge in [0.15, 0.2) is 0 Å². The summed E-state index contributed by atoms with van der Waals surface area (Å²) in [5.74, 6) is 0.227. The first-order chi connectivity index (χ1) is 11.7. The van der Waals surface area contributed by atoms with Crippen LogP contribution in [-0.2, 0) is 4.79 Å². The second kappa shape index (κ2) is 16.1. The van der Waals surface area contributed by atoms with Crippen molar-refractivity contribution in [2.45, 2.75) is 97.8 Å². The van der Waals surface area contributed by atoms with E-state index in [0.29, 0.717) is 6.42 Å². The lowest BCUT2D eigenvalue weighted by molar-refractivity contribution is -0.876. The zero-order chi connectivity index (χ0) is 19.2. The molecule has 0 heterocycles. The highest BCUT2D eigenvalue weighted by Crippen LogP contribution is 2.17. The second-order valence-electron chi connectivity index (χ2n) is 9.67. The van der Waals surface area contributed by atoms with E-state index in [0.717, 1.165) is 24.0 Å². The van der Waals surface area contributed by atoms with Crippen LogP contribution in [0.2, 0.25) is 0 Å². The molecule has 0 aromatic carbocycles. The van der Waals surface area contributed by atoms with Crippen molar-refractivity contribution in [3.8, 4) is 0 Å². The minimum Gasteiger partial charge on any atom is -1.00 e. The van der Waals surface area contributed by atoms with Crippen LogP contribution in [0, 0.1) is 5.41 Å². The van der Waals surface area contributed by atoms with Gasteiger partial charge >= 0.3 is 0 Å². The monoisotopic (exact) mass is 482 g/mol. The van der Waals surface area contributed by atoms with Gasteiger partial charge in [0.2, 0.25) is 5.91 Å². The first kappa shape index (κ1) is 28.4. The number of nitrogens with zero attached hydrogens (tertiary/aromatic N) is 1. The largest absolute Gasteiger partial charge is 1.00 e. The van der Waals surface area contributed by atoms with Crippen LogP contribution in [0.1, 0.15) is 97.8 Å². The van der Waals surface area contributed by atoms with Crippen molar-refractivity contribution in [1.82, 2.24) is 5.32 Å². The van der Waals surface area contributed by atoms with Gasteiger partial charge in [0.1, 0.15) is 0 Å². The lowest BCUT2D eigenvalue weighted by Gasteiger charge is -2.34. The van der Waals surface area contributed by atoms with Gasteiger partial charge in [-0.1, -0.05) is 85.0 Å². The summed E-state index contributed by atoms with van der Waals surface area (Å²) < 4.78 is 0.932. The summed E-state index contributed by atoms with van der Waals surface area (Å²) in [7, 11) is 6.61. The summed E-state index contributed by atoms with van der Waals surface area (Å²) in [4.78, 5) is 12.0. The van der Waals surface area contributed by atoms with Crippen molar-refractivity contribution >= 4 is 5.91 Å². The molecule has 158 valence electrons. The highest BCUT2D eigenvalue weighted by atomic mass is 127. The predicted molar refractivity (Wildman–Crippen MR) is 111 cm³/mol. The quantitative estimate of drug-likeness (QED) is 0.205. The highest BCUT2D eigenvalue weighted by molar-refractivity contribution is 5.75. The van der Waals surface area contributed by atoms with Crippen molar-refractivity contribution in [2.75, 3.05) is 34.2 Å². The molecule has 1 N–H and O–H groups in total. The zero-order valence-corrected chi connectivity index (χ0v) is 20.8. The molecule has 1 amide bonds. The van der Waals surface area contributed by atoms with Gasteiger partial charge in [-0.25, -0.2) is 0 Å². The number of quaternary nitrogens is 1. The van der Waals surface area contributed by atoms with E-state index < -0.39 is 0 Å². The summed E-state index contributed by atoms with van der Waals surface area (Å²) in [5, 5.41) is 3.13. The SMILES string of the molecule is CCCCCCCCCCCCCC(=O)NCC(C)(C)C[N+](C)(C)C.[I-]. The predicted octanol–water partition coefficient (Wildman–Crippen LogP) is 2.54. The average molecular weight is 483 g/mol. The molecule has 3 nitrogen and oxygen atoms in total. The van der Waals surface area contributed by atoms with E-state index in [1.807, 2.05) is 0 Å². The lowest BCUT2D eigenvalue weighted by atomic mass is 9.92. The van der Waals surface area contributed by atoms with Crippen molar-refractivity contribution in [3.63, 3.8) is 0 Å². The minimum atomic E-state index is 0. The third kappa shape index (κ3) is 20.5. The van der Waals surface area contributed by atoms with Crippen LogP contribution in [0.25, 0.3) is 0 Å². The molecule has 0 radical (unpaired) electrons. The van der Waals surface area contributed by atoms with E-state index >= 15 is 0 Å². The van der Waals surface area contributed by atoms with Gasteiger partial charge in [0.05, 0.1) is 27.7 Å². The molecule has 0 bridgehead atoms. The Morgan fingerprint density at radius 3 is 1.65 bits per heavy atom. The van der Waals surface area contributed by atoms with Crippen LogP contribution in [0.5, 0.6) is 0 Å². The van der Waals surface area contributed by atoms with Crippen LogP contribution in [-0.4, -0.2) is 44.6 Å². The molecule has 0 unspecified atom stereocenters. The number of carbonyl (C=O) groups excluding carboxylic acids is 1. The number of rotatable bonds is 16. The van der Waals surface area contributed by atoms with E-state index in [4.69, 9.17) is 0 Å². The Hall–Kier alpha value is 0.160. The molecule has 0 atom stereocenters. The van der Waals surface area contributed by atoms with Gasteiger partial charge in [-0.2, -0.15) is 0 Å². The van der Waals surface area contributed by atoms with Crippen molar-refractivity contribution in [1.29, 1.82) is 0 Å². The molecule has 0 saturated heterocycles. The van der Waals surface area contributed by atoms with Crippen LogP contribution in [0.15, 0.2) is 0 Å². The van der Waals surface area contributed by atoms with E-state index in [1.165, 1.54) is 64.2 Å². The molecule has 0 aliphatic carbocycles. The third-order valence-electron chi connectivity index (χ3n) is 4.67. The molecule has 26 heavy (non-hydrogen) atoms. The highest BCUT2D eigenvalue weighted by Gasteiger charge is 2.26. The minimum absolute atomic E-state index is 0. The Bertz CT molecular complexity index is 338. The Morgan fingerprint density at radius 2 is 1.23 bits per heavy atom. The van der Waals surface area contributed by atoms with E-state index in [9.17, 15) is 4.79 Å². The number of halogens is 1. The molecule has 0 rings (SSSR count). The van der Waals surface area contributed by atoms with E-state index in [2.05, 4.69) is 47.2 Å². The summed E-state index contributed by atoms with van der Waals surface area (Å²) in [6.07, 6.45) is 15.3. The summed E-state index contributed by atoms with van der Waals surface area (Å²) in [5.41, 5.74) is 0.144. The van der Waals surface area contributed by atoms with E-state index in [1.54, 1.807) is 0 Å². The Balaban J connectivity index is 0. The third-order valence-corrected chi connectivity index (χ3v) is 4.67. The number of nitrogens with one attached hydrogen (secondary N) is 1. The molecule has 0 saturated carbocycles. The molecule has 0 aromatic rings. The number of hydrogen-bond acceptors (Lipinski definition) is 1. The van der Waals surface area contributed by atoms with Crippen molar-refractivity contribution in [3.05, 3.63) is 0 Å². The van der Waals surface area contributed by atoms with E-state index in [-0.39, 0.29) is 35.3 Å². The maximum Gasteiger partial charge on any atom is 0.220 e. The Kier molecular flexibility index (Phi) is 17.6. The summed E-state index contributed by atoms with van der Waals surface area (Å²) in [6.45, 7) is 8.58. The topological polar surface area (TPSA) is 29.1 Å². The van der Waals surface area contributed by atoms with Gasteiger partial charge in [-0.3, -0.25) is 4.79 Å². The van der Waals surface area contributed by atoms with Gasteiger partial charge in [0, 0.05) is 18.4 Å². The fraction of sp³-hybridized carbons (Fsp3) is 0.955. The van der Waals surface area contributed by atoms with Gasteiger partial charge in [0.25, 0.3) is 0 Å². The number of carbonyl (C=O) groups is 1. The van der Waals surface area contributed by atoms with Crippen LogP contribution in [0.4, 0.5) is 0 Å². The molecular weight excluding hydrogens is 435 g/mol. The van der Waals surface area contributed by atoms with Gasteiger partial charge in [-0.15, -0.1) is 0 Å². The summed E-state index contributed by atoms with van der Waals surface area (Å²) >= 11 is 0. The smallest absolute Gasteiger partial charge is 0.220 e. The molecular formula is C22H47IN2O. The van der Waals surface area contributed by atoms with Gasteiger partial charge in [-0.05, 0) is 6.42 Å². The van der Waals surface area contributed by atoms with Crippen molar-refractivity contribution < 1.29 is 33.3 Å². The Morgan fingerprint density at radius 1 is 0.808 bits per heavy atom. The molecule has 4 heteroatoms. The molecule has 0 aliphatic rings. The first-order valence-corrected chi connectivity index (χ1v) is 10.7. The molecule has 0 aliphatic heterocycles. The maximum absolute atomic E-state index is 12.0. The fourth-order valence-electron chi connectivity index (χ4n) is 3.72.